The van der Waals surface area contributed by atoms with Crippen LogP contribution in [0.5, 0.6) is 0 Å². The van der Waals surface area contributed by atoms with Crippen LogP contribution >= 0.6 is 11.6 Å². The van der Waals surface area contributed by atoms with Gasteiger partial charge in [-0.25, -0.2) is 18.0 Å². The van der Waals surface area contributed by atoms with E-state index in [0.717, 1.165) is 38.0 Å². The average Bonchev–Trinajstić information content (AvgIpc) is 3.06. The number of urea groups is 1. The zero-order valence-corrected chi connectivity index (χ0v) is 16.5. The van der Waals surface area contributed by atoms with Crippen LogP contribution in [0.3, 0.4) is 0 Å². The van der Waals surface area contributed by atoms with E-state index in [1.165, 1.54) is 19.1 Å². The standard InChI is InChI=1S/C17H21ClN2O6S/c1-10(15(21)20-17(23)19-11-5-3-4-6-11)26-16(22)13-9-12(27(2,24)25)7-8-14(13)18/h7-11H,3-6H2,1-2H3,(H2,19,20,21,23)/t10-/m1/s1. The first kappa shape index (κ1) is 21.2. The van der Waals surface area contributed by atoms with Crippen LogP contribution in [0.4, 0.5) is 4.79 Å². The molecule has 1 aliphatic rings. The Morgan fingerprint density at radius 1 is 1.22 bits per heavy atom. The third kappa shape index (κ3) is 5.93. The molecule has 0 heterocycles. The molecule has 148 valence electrons. The summed E-state index contributed by atoms with van der Waals surface area (Å²) < 4.78 is 28.2. The zero-order valence-electron chi connectivity index (χ0n) is 15.0. The number of ether oxygens (including phenoxy) is 1. The largest absolute Gasteiger partial charge is 0.449 e. The van der Waals surface area contributed by atoms with Gasteiger partial charge in [-0.15, -0.1) is 0 Å². The van der Waals surface area contributed by atoms with E-state index in [1.807, 2.05) is 0 Å². The summed E-state index contributed by atoms with van der Waals surface area (Å²) in [6.07, 6.45) is 3.50. The molecular formula is C17H21ClN2O6S. The Bertz CT molecular complexity index is 849. The van der Waals surface area contributed by atoms with Crippen molar-refractivity contribution in [1.29, 1.82) is 0 Å². The molecule has 1 atom stereocenters. The van der Waals surface area contributed by atoms with Crippen LogP contribution in [0.1, 0.15) is 43.0 Å². The molecule has 8 nitrogen and oxygen atoms in total. The van der Waals surface area contributed by atoms with Gasteiger partial charge < -0.3 is 10.1 Å². The van der Waals surface area contributed by atoms with Gasteiger partial charge in [0.1, 0.15) is 0 Å². The molecule has 3 amide bonds. The smallest absolute Gasteiger partial charge is 0.340 e. The van der Waals surface area contributed by atoms with Crippen molar-refractivity contribution in [2.75, 3.05) is 6.26 Å². The molecule has 0 aliphatic heterocycles. The normalized spacial score (nSPS) is 15.8. The van der Waals surface area contributed by atoms with Gasteiger partial charge in [0.2, 0.25) is 0 Å². The van der Waals surface area contributed by atoms with Gasteiger partial charge in [0, 0.05) is 12.3 Å². The fourth-order valence-electron chi connectivity index (χ4n) is 2.67. The highest BCUT2D eigenvalue weighted by Gasteiger charge is 2.24. The van der Waals surface area contributed by atoms with Crippen molar-refractivity contribution in [3.8, 4) is 0 Å². The molecule has 1 aromatic rings. The van der Waals surface area contributed by atoms with Crippen LogP contribution in [0.15, 0.2) is 23.1 Å². The fraction of sp³-hybridized carbons (Fsp3) is 0.471. The molecule has 2 rings (SSSR count). The Morgan fingerprint density at radius 2 is 1.85 bits per heavy atom. The molecule has 1 fully saturated rings. The van der Waals surface area contributed by atoms with Crippen molar-refractivity contribution in [2.45, 2.75) is 49.6 Å². The van der Waals surface area contributed by atoms with E-state index in [1.54, 1.807) is 0 Å². The molecule has 0 aromatic heterocycles. The van der Waals surface area contributed by atoms with Gasteiger partial charge >= 0.3 is 12.0 Å². The number of hydrogen-bond acceptors (Lipinski definition) is 6. The topological polar surface area (TPSA) is 119 Å². The van der Waals surface area contributed by atoms with Crippen LogP contribution in [0, 0.1) is 0 Å². The number of esters is 1. The van der Waals surface area contributed by atoms with Gasteiger partial charge in [0.25, 0.3) is 5.91 Å². The molecule has 0 spiro atoms. The summed E-state index contributed by atoms with van der Waals surface area (Å²) in [6, 6.07) is 2.99. The first-order chi connectivity index (χ1) is 12.6. The number of carbonyl (C=O) groups excluding carboxylic acids is 3. The second-order valence-corrected chi connectivity index (χ2v) is 8.83. The van der Waals surface area contributed by atoms with Crippen LogP contribution < -0.4 is 10.6 Å². The molecule has 0 saturated heterocycles. The Hall–Kier alpha value is -2.13. The zero-order chi connectivity index (χ0) is 20.2. The van der Waals surface area contributed by atoms with E-state index in [0.29, 0.717) is 0 Å². The maximum Gasteiger partial charge on any atom is 0.340 e. The predicted molar refractivity (Wildman–Crippen MR) is 98.4 cm³/mol. The Labute approximate surface area is 162 Å². The lowest BCUT2D eigenvalue weighted by atomic mass is 10.2. The van der Waals surface area contributed by atoms with Crippen molar-refractivity contribution in [3.05, 3.63) is 28.8 Å². The highest BCUT2D eigenvalue weighted by Crippen LogP contribution is 2.22. The van der Waals surface area contributed by atoms with Gasteiger partial charge in [-0.1, -0.05) is 24.4 Å². The molecule has 0 radical (unpaired) electrons. The summed E-state index contributed by atoms with van der Waals surface area (Å²) in [4.78, 5) is 36.0. The van der Waals surface area contributed by atoms with Crippen molar-refractivity contribution in [3.63, 3.8) is 0 Å². The second-order valence-electron chi connectivity index (χ2n) is 6.41. The average molecular weight is 417 g/mol. The molecule has 2 N–H and O–H groups in total. The first-order valence-corrected chi connectivity index (χ1v) is 10.7. The number of benzene rings is 1. The molecule has 0 unspecified atom stereocenters. The first-order valence-electron chi connectivity index (χ1n) is 8.40. The number of carbonyl (C=O) groups is 3. The predicted octanol–water partition coefficient (Wildman–Crippen LogP) is 2.06. The molecule has 1 aromatic carbocycles. The second kappa shape index (κ2) is 8.71. The van der Waals surface area contributed by atoms with Crippen molar-refractivity contribution < 1.29 is 27.5 Å². The number of hydrogen-bond donors (Lipinski definition) is 2. The van der Waals surface area contributed by atoms with E-state index in [4.69, 9.17) is 16.3 Å². The lowest BCUT2D eigenvalue weighted by Gasteiger charge is -2.16. The SMILES string of the molecule is C[C@@H](OC(=O)c1cc(S(C)(=O)=O)ccc1Cl)C(=O)NC(=O)NC1CCCC1. The minimum atomic E-state index is -3.55. The molecule has 10 heteroatoms. The molecule has 0 bridgehead atoms. The highest BCUT2D eigenvalue weighted by molar-refractivity contribution is 7.90. The fourth-order valence-corrected chi connectivity index (χ4v) is 3.52. The van der Waals surface area contributed by atoms with Gasteiger partial charge in [-0.2, -0.15) is 0 Å². The van der Waals surface area contributed by atoms with Crippen molar-refractivity contribution in [1.82, 2.24) is 10.6 Å². The summed E-state index contributed by atoms with van der Waals surface area (Å²) in [5.74, 6) is -1.77. The quantitative estimate of drug-likeness (QED) is 0.709. The van der Waals surface area contributed by atoms with E-state index in [9.17, 15) is 22.8 Å². The van der Waals surface area contributed by atoms with E-state index in [-0.39, 0.29) is 21.5 Å². The van der Waals surface area contributed by atoms with E-state index >= 15 is 0 Å². The number of amides is 3. The van der Waals surface area contributed by atoms with Gasteiger partial charge in [0.05, 0.1) is 15.5 Å². The molecule has 27 heavy (non-hydrogen) atoms. The molecule has 1 saturated carbocycles. The summed E-state index contributed by atoms with van der Waals surface area (Å²) in [5.41, 5.74) is -0.186. The number of imide groups is 1. The third-order valence-electron chi connectivity index (χ3n) is 4.17. The summed E-state index contributed by atoms with van der Waals surface area (Å²) >= 11 is 5.92. The van der Waals surface area contributed by atoms with Crippen LogP contribution in [-0.2, 0) is 19.4 Å². The van der Waals surface area contributed by atoms with Crippen molar-refractivity contribution >= 4 is 39.3 Å². The van der Waals surface area contributed by atoms with Gasteiger partial charge in [0.15, 0.2) is 15.9 Å². The maximum atomic E-state index is 12.2. The summed E-state index contributed by atoms with van der Waals surface area (Å²) in [7, 11) is -3.55. The Balaban J connectivity index is 1.98. The minimum Gasteiger partial charge on any atom is -0.449 e. The Morgan fingerprint density at radius 3 is 2.44 bits per heavy atom. The Kier molecular flexibility index (Phi) is 6.83. The van der Waals surface area contributed by atoms with Crippen LogP contribution in [0.25, 0.3) is 0 Å². The monoisotopic (exact) mass is 416 g/mol. The van der Waals surface area contributed by atoms with Gasteiger partial charge in [-0.3, -0.25) is 10.1 Å². The summed E-state index contributed by atoms with van der Waals surface area (Å²) in [6.45, 7) is 1.30. The van der Waals surface area contributed by atoms with E-state index < -0.39 is 33.8 Å². The number of halogens is 1. The maximum absolute atomic E-state index is 12.2. The highest BCUT2D eigenvalue weighted by atomic mass is 35.5. The minimum absolute atomic E-state index is 0.0148. The molecular weight excluding hydrogens is 396 g/mol. The van der Waals surface area contributed by atoms with Crippen LogP contribution in [-0.4, -0.2) is 44.7 Å². The number of sulfone groups is 1. The molecule has 1 aliphatic carbocycles. The van der Waals surface area contributed by atoms with Crippen LogP contribution in [0.2, 0.25) is 5.02 Å². The lowest BCUT2D eigenvalue weighted by molar-refractivity contribution is -0.127. The third-order valence-corrected chi connectivity index (χ3v) is 5.61. The van der Waals surface area contributed by atoms with Gasteiger partial charge in [-0.05, 0) is 38.0 Å². The summed E-state index contributed by atoms with van der Waals surface area (Å²) in [5, 5.41) is 4.79. The lowest BCUT2D eigenvalue weighted by Crippen LogP contribution is -2.47. The number of rotatable bonds is 5. The van der Waals surface area contributed by atoms with E-state index in [2.05, 4.69) is 10.6 Å². The number of nitrogens with one attached hydrogen (secondary N) is 2. The van der Waals surface area contributed by atoms with Crippen molar-refractivity contribution in [2.24, 2.45) is 0 Å².